The highest BCUT2D eigenvalue weighted by molar-refractivity contribution is 5.94. The van der Waals surface area contributed by atoms with Crippen molar-refractivity contribution in [3.05, 3.63) is 28.7 Å². The molecule has 16 heavy (non-hydrogen) atoms. The van der Waals surface area contributed by atoms with E-state index < -0.39 is 6.04 Å². The smallest absolute Gasteiger partial charge is 0.274 e. The molecule has 0 bridgehead atoms. The Balaban J connectivity index is 2.77. The summed E-state index contributed by atoms with van der Waals surface area (Å²) in [5.74, 6) is -0.315. The highest BCUT2D eigenvalue weighted by atomic mass is 16.2. The van der Waals surface area contributed by atoms with Crippen molar-refractivity contribution in [2.24, 2.45) is 12.8 Å². The van der Waals surface area contributed by atoms with E-state index in [4.69, 9.17) is 5.73 Å². The minimum absolute atomic E-state index is 0.237. The molecule has 88 valence electrons. The number of aromatic nitrogens is 1. The van der Waals surface area contributed by atoms with Crippen molar-refractivity contribution < 1.29 is 4.79 Å². The zero-order chi connectivity index (χ0) is 12.1. The van der Waals surface area contributed by atoms with Crippen LogP contribution in [0.1, 0.15) is 19.8 Å². The number of carbonyl (C=O) groups excluding carboxylic acids is 1. The molecule has 0 aliphatic rings. The summed E-state index contributed by atoms with van der Waals surface area (Å²) in [4.78, 5) is 23.2. The highest BCUT2D eigenvalue weighted by Crippen LogP contribution is 2.01. The second-order valence-corrected chi connectivity index (χ2v) is 3.72. The topological polar surface area (TPSA) is 77.1 Å². The number of hydrogen-bond donors (Lipinski definition) is 2. The van der Waals surface area contributed by atoms with Crippen molar-refractivity contribution in [2.45, 2.75) is 25.8 Å². The average Bonchev–Trinajstić information content (AvgIpc) is 2.25. The molecule has 5 heteroatoms. The number of nitrogens with zero attached hydrogens (tertiary/aromatic N) is 1. The van der Waals surface area contributed by atoms with Gasteiger partial charge in [-0.15, -0.1) is 0 Å². The van der Waals surface area contributed by atoms with Crippen LogP contribution in [0.15, 0.2) is 23.1 Å². The van der Waals surface area contributed by atoms with Gasteiger partial charge in [0.05, 0.1) is 6.04 Å². The summed E-state index contributed by atoms with van der Waals surface area (Å²) in [7, 11) is 1.63. The first kappa shape index (κ1) is 12.4. The van der Waals surface area contributed by atoms with Crippen LogP contribution in [0, 0.1) is 0 Å². The second kappa shape index (κ2) is 5.46. The van der Waals surface area contributed by atoms with Crippen LogP contribution in [0.4, 0.5) is 5.69 Å². The van der Waals surface area contributed by atoms with Crippen molar-refractivity contribution in [1.29, 1.82) is 0 Å². The number of nitrogens with one attached hydrogen (secondary N) is 1. The third-order valence-electron chi connectivity index (χ3n) is 2.32. The highest BCUT2D eigenvalue weighted by Gasteiger charge is 2.13. The quantitative estimate of drug-likeness (QED) is 0.778. The Morgan fingerprint density at radius 2 is 2.31 bits per heavy atom. The number of amides is 1. The van der Waals surface area contributed by atoms with Gasteiger partial charge in [-0.25, -0.2) is 0 Å². The normalized spacial score (nSPS) is 12.2. The van der Waals surface area contributed by atoms with E-state index in [0.29, 0.717) is 6.42 Å². The van der Waals surface area contributed by atoms with E-state index in [1.54, 1.807) is 25.4 Å². The van der Waals surface area contributed by atoms with Gasteiger partial charge in [-0.1, -0.05) is 13.3 Å². The first-order chi connectivity index (χ1) is 7.56. The summed E-state index contributed by atoms with van der Waals surface area (Å²) in [6.07, 6.45) is 3.07. The third kappa shape index (κ3) is 2.93. The van der Waals surface area contributed by atoms with E-state index in [0.717, 1.165) is 6.42 Å². The predicted molar refractivity (Wildman–Crippen MR) is 63.2 cm³/mol. The number of aryl methyl sites for hydroxylation is 1. The maximum atomic E-state index is 11.6. The number of pyridine rings is 1. The van der Waals surface area contributed by atoms with Crippen LogP contribution in [0.25, 0.3) is 0 Å². The first-order valence-corrected chi connectivity index (χ1v) is 5.28. The van der Waals surface area contributed by atoms with Crippen LogP contribution in [0.5, 0.6) is 0 Å². The molecular weight excluding hydrogens is 206 g/mol. The van der Waals surface area contributed by atoms with Gasteiger partial charge in [-0.2, -0.15) is 0 Å². The van der Waals surface area contributed by atoms with Crippen molar-refractivity contribution in [2.75, 3.05) is 5.32 Å². The Morgan fingerprint density at radius 3 is 2.94 bits per heavy atom. The fraction of sp³-hybridized carbons (Fsp3) is 0.455. The zero-order valence-corrected chi connectivity index (χ0v) is 9.56. The van der Waals surface area contributed by atoms with Crippen molar-refractivity contribution in [3.8, 4) is 0 Å². The zero-order valence-electron chi connectivity index (χ0n) is 9.56. The molecule has 1 atom stereocenters. The molecule has 5 nitrogen and oxygen atoms in total. The third-order valence-corrected chi connectivity index (χ3v) is 2.32. The van der Waals surface area contributed by atoms with Crippen LogP contribution >= 0.6 is 0 Å². The summed E-state index contributed by atoms with van der Waals surface area (Å²) in [6.45, 7) is 1.95. The summed E-state index contributed by atoms with van der Waals surface area (Å²) in [5.41, 5.74) is 5.67. The molecule has 1 rings (SSSR count). The molecule has 0 spiro atoms. The number of carbonyl (C=O) groups is 1. The van der Waals surface area contributed by atoms with Crippen LogP contribution in [-0.2, 0) is 11.8 Å². The minimum atomic E-state index is -0.560. The molecule has 0 radical (unpaired) electrons. The fourth-order valence-electron chi connectivity index (χ4n) is 1.36. The van der Waals surface area contributed by atoms with Gasteiger partial charge in [-0.05, 0) is 18.6 Å². The average molecular weight is 223 g/mol. The van der Waals surface area contributed by atoms with E-state index in [1.807, 2.05) is 6.92 Å². The molecule has 1 unspecified atom stereocenters. The number of rotatable bonds is 4. The van der Waals surface area contributed by atoms with Gasteiger partial charge in [0.2, 0.25) is 5.91 Å². The number of anilines is 1. The Morgan fingerprint density at radius 1 is 1.62 bits per heavy atom. The Hall–Kier alpha value is -1.62. The van der Waals surface area contributed by atoms with Gasteiger partial charge in [0, 0.05) is 13.2 Å². The first-order valence-electron chi connectivity index (χ1n) is 5.28. The van der Waals surface area contributed by atoms with Gasteiger partial charge in [0.15, 0.2) is 0 Å². The van der Waals surface area contributed by atoms with E-state index in [-0.39, 0.29) is 17.2 Å². The molecule has 1 heterocycles. The standard InChI is InChI=1S/C11H17N3O2/c1-3-5-8(12)10(15)13-9-6-4-7-14(2)11(9)16/h4,6-8H,3,5,12H2,1-2H3,(H,13,15). The van der Waals surface area contributed by atoms with Gasteiger partial charge < -0.3 is 15.6 Å². The Bertz CT molecular complexity index is 425. The van der Waals surface area contributed by atoms with Crippen LogP contribution in [0.2, 0.25) is 0 Å². The Labute approximate surface area is 94.3 Å². The summed E-state index contributed by atoms with van der Waals surface area (Å²) in [5, 5.41) is 2.54. The summed E-state index contributed by atoms with van der Waals surface area (Å²) >= 11 is 0. The van der Waals surface area contributed by atoms with Gasteiger partial charge in [0.25, 0.3) is 5.56 Å². The van der Waals surface area contributed by atoms with E-state index in [1.165, 1.54) is 4.57 Å². The SMILES string of the molecule is CCCC(N)C(=O)Nc1cccn(C)c1=O. The lowest BCUT2D eigenvalue weighted by Gasteiger charge is -2.11. The molecule has 1 aromatic heterocycles. The minimum Gasteiger partial charge on any atom is -0.320 e. The van der Waals surface area contributed by atoms with Gasteiger partial charge >= 0.3 is 0 Å². The summed E-state index contributed by atoms with van der Waals surface area (Å²) < 4.78 is 1.40. The summed E-state index contributed by atoms with van der Waals surface area (Å²) in [6, 6.07) is 2.70. The molecule has 0 saturated heterocycles. The molecular formula is C11H17N3O2. The van der Waals surface area contributed by atoms with Crippen molar-refractivity contribution >= 4 is 11.6 Å². The lowest BCUT2D eigenvalue weighted by Crippen LogP contribution is -2.37. The van der Waals surface area contributed by atoms with Gasteiger partial charge in [-0.3, -0.25) is 9.59 Å². The second-order valence-electron chi connectivity index (χ2n) is 3.72. The molecule has 3 N–H and O–H groups in total. The van der Waals surface area contributed by atoms with Crippen LogP contribution in [0.3, 0.4) is 0 Å². The number of nitrogens with two attached hydrogens (primary N) is 1. The molecule has 1 aromatic rings. The lowest BCUT2D eigenvalue weighted by atomic mass is 10.1. The van der Waals surface area contributed by atoms with E-state index >= 15 is 0 Å². The molecule has 0 aliphatic heterocycles. The lowest BCUT2D eigenvalue weighted by molar-refractivity contribution is -0.117. The largest absolute Gasteiger partial charge is 0.320 e. The molecule has 0 aliphatic carbocycles. The fourth-order valence-corrected chi connectivity index (χ4v) is 1.36. The van der Waals surface area contributed by atoms with Gasteiger partial charge in [0.1, 0.15) is 5.69 Å². The van der Waals surface area contributed by atoms with E-state index in [9.17, 15) is 9.59 Å². The van der Waals surface area contributed by atoms with Crippen LogP contribution < -0.4 is 16.6 Å². The predicted octanol–water partition coefficient (Wildman–Crippen LogP) is 0.451. The molecule has 0 aromatic carbocycles. The molecule has 0 saturated carbocycles. The van der Waals surface area contributed by atoms with Crippen LogP contribution in [-0.4, -0.2) is 16.5 Å². The van der Waals surface area contributed by atoms with Crippen molar-refractivity contribution in [3.63, 3.8) is 0 Å². The molecule has 0 fully saturated rings. The number of hydrogen-bond acceptors (Lipinski definition) is 3. The Kier molecular flexibility index (Phi) is 4.25. The molecule has 1 amide bonds. The monoisotopic (exact) mass is 223 g/mol. The van der Waals surface area contributed by atoms with Crippen molar-refractivity contribution in [1.82, 2.24) is 4.57 Å². The van der Waals surface area contributed by atoms with E-state index in [2.05, 4.69) is 5.32 Å². The maximum Gasteiger partial charge on any atom is 0.274 e. The maximum absolute atomic E-state index is 11.6.